The van der Waals surface area contributed by atoms with Gasteiger partial charge in [-0.2, -0.15) is 0 Å². The summed E-state index contributed by atoms with van der Waals surface area (Å²) in [6.07, 6.45) is 3.42. The normalized spacial score (nSPS) is 16.8. The highest BCUT2D eigenvalue weighted by atomic mass is 16.3. The van der Waals surface area contributed by atoms with Crippen LogP contribution in [0.15, 0.2) is 42.5 Å². The molecule has 3 rings (SSSR count). The molecule has 18 heavy (non-hydrogen) atoms. The smallest absolute Gasteiger partial charge is 0.116 e. The number of phenolic OH excluding ortho intramolecular Hbond substituents is 1. The van der Waals surface area contributed by atoms with Crippen molar-refractivity contribution >= 4 is 16.3 Å². The molecule has 1 aliphatic heterocycles. The molecule has 2 heteroatoms. The van der Waals surface area contributed by atoms with E-state index in [1.807, 2.05) is 12.1 Å². The van der Waals surface area contributed by atoms with Gasteiger partial charge in [0.15, 0.2) is 0 Å². The Labute approximate surface area is 107 Å². The lowest BCUT2D eigenvalue weighted by atomic mass is 9.97. The minimum Gasteiger partial charge on any atom is -0.508 e. The van der Waals surface area contributed by atoms with E-state index in [0.29, 0.717) is 5.75 Å². The van der Waals surface area contributed by atoms with Gasteiger partial charge in [0.1, 0.15) is 5.75 Å². The first-order valence-corrected chi connectivity index (χ1v) is 6.33. The first-order chi connectivity index (χ1) is 8.72. The van der Waals surface area contributed by atoms with Crippen LogP contribution in [0.5, 0.6) is 5.75 Å². The van der Waals surface area contributed by atoms with Crippen LogP contribution in [0.3, 0.4) is 0 Å². The highest BCUT2D eigenvalue weighted by molar-refractivity contribution is 5.87. The molecular formula is C16H17NO. The Morgan fingerprint density at radius 3 is 2.61 bits per heavy atom. The maximum atomic E-state index is 9.46. The van der Waals surface area contributed by atoms with Crippen LogP contribution in [0, 0.1) is 0 Å². The van der Waals surface area contributed by atoms with Gasteiger partial charge in [0.25, 0.3) is 0 Å². The zero-order valence-corrected chi connectivity index (χ0v) is 10.6. The van der Waals surface area contributed by atoms with E-state index in [9.17, 15) is 5.11 Å². The zero-order valence-electron chi connectivity index (χ0n) is 10.6. The Kier molecular flexibility index (Phi) is 2.80. The number of hydrogen-bond donors (Lipinski definition) is 1. The molecule has 2 nitrogen and oxygen atoms in total. The van der Waals surface area contributed by atoms with E-state index in [2.05, 4.69) is 36.2 Å². The number of hydrogen-bond acceptors (Lipinski definition) is 2. The molecular weight excluding hydrogens is 222 g/mol. The average Bonchev–Trinajstić information content (AvgIpc) is 2.39. The van der Waals surface area contributed by atoms with Gasteiger partial charge in [-0.15, -0.1) is 0 Å². The molecule has 0 spiro atoms. The van der Waals surface area contributed by atoms with E-state index in [1.54, 1.807) is 6.07 Å². The summed E-state index contributed by atoms with van der Waals surface area (Å²) in [5, 5.41) is 11.7. The summed E-state index contributed by atoms with van der Waals surface area (Å²) in [6, 6.07) is 12.0. The van der Waals surface area contributed by atoms with Gasteiger partial charge in [-0.25, -0.2) is 0 Å². The first kappa shape index (κ1) is 11.3. The van der Waals surface area contributed by atoms with Crippen molar-refractivity contribution in [2.75, 3.05) is 20.1 Å². The van der Waals surface area contributed by atoms with Gasteiger partial charge in [-0.05, 0) is 53.6 Å². The molecule has 92 valence electrons. The van der Waals surface area contributed by atoms with Crippen LogP contribution in [-0.4, -0.2) is 30.1 Å². The molecule has 0 unspecified atom stereocenters. The molecule has 0 aromatic heterocycles. The number of likely N-dealkylation sites (N-methyl/N-ethyl adjacent to an activating group) is 1. The Hall–Kier alpha value is -1.80. The van der Waals surface area contributed by atoms with Crippen molar-refractivity contribution in [1.29, 1.82) is 0 Å². The minimum atomic E-state index is 0.328. The Morgan fingerprint density at radius 1 is 1.06 bits per heavy atom. The van der Waals surface area contributed by atoms with Crippen LogP contribution in [0.2, 0.25) is 0 Å². The van der Waals surface area contributed by atoms with Crippen molar-refractivity contribution in [3.05, 3.63) is 48.0 Å². The molecule has 0 saturated carbocycles. The van der Waals surface area contributed by atoms with Gasteiger partial charge in [-0.1, -0.05) is 24.3 Å². The third-order valence-corrected chi connectivity index (χ3v) is 3.61. The first-order valence-electron chi connectivity index (χ1n) is 6.33. The lowest BCUT2D eigenvalue weighted by Crippen LogP contribution is -2.23. The number of rotatable bonds is 1. The zero-order chi connectivity index (χ0) is 12.5. The second kappa shape index (κ2) is 4.46. The standard InChI is InChI=1S/C16H17NO/c1-17-8-6-12(7-9-17)13-2-3-15-11-16(18)5-4-14(15)10-13/h2-6,10-11,18H,7-9H2,1H3. The van der Waals surface area contributed by atoms with Crippen LogP contribution in [0.1, 0.15) is 12.0 Å². The molecule has 0 atom stereocenters. The van der Waals surface area contributed by atoms with E-state index in [1.165, 1.54) is 16.5 Å². The molecule has 2 aromatic carbocycles. The van der Waals surface area contributed by atoms with Crippen molar-refractivity contribution < 1.29 is 5.11 Å². The topological polar surface area (TPSA) is 23.5 Å². The third-order valence-electron chi connectivity index (χ3n) is 3.61. The number of benzene rings is 2. The molecule has 1 heterocycles. The summed E-state index contributed by atoms with van der Waals surface area (Å²) in [7, 11) is 2.15. The molecule has 0 amide bonds. The average molecular weight is 239 g/mol. The second-order valence-electron chi connectivity index (χ2n) is 4.99. The van der Waals surface area contributed by atoms with Crippen molar-refractivity contribution in [1.82, 2.24) is 4.90 Å². The van der Waals surface area contributed by atoms with E-state index in [0.717, 1.165) is 24.9 Å². The summed E-state index contributed by atoms with van der Waals surface area (Å²) in [5.41, 5.74) is 2.74. The van der Waals surface area contributed by atoms with Crippen LogP contribution in [0.4, 0.5) is 0 Å². The largest absolute Gasteiger partial charge is 0.508 e. The molecule has 0 bridgehead atoms. The summed E-state index contributed by atoms with van der Waals surface area (Å²) in [5.74, 6) is 0.328. The fourth-order valence-corrected chi connectivity index (χ4v) is 2.47. The van der Waals surface area contributed by atoms with Crippen molar-refractivity contribution in [3.8, 4) is 5.75 Å². The Balaban J connectivity index is 2.01. The number of fused-ring (bicyclic) bond motifs is 1. The summed E-state index contributed by atoms with van der Waals surface area (Å²) in [6.45, 7) is 2.16. The highest BCUT2D eigenvalue weighted by Crippen LogP contribution is 2.27. The van der Waals surface area contributed by atoms with Gasteiger partial charge in [0, 0.05) is 13.1 Å². The van der Waals surface area contributed by atoms with Crippen LogP contribution >= 0.6 is 0 Å². The predicted molar refractivity (Wildman–Crippen MR) is 75.7 cm³/mol. The van der Waals surface area contributed by atoms with Crippen LogP contribution in [0.25, 0.3) is 16.3 Å². The molecule has 1 N–H and O–H groups in total. The second-order valence-corrected chi connectivity index (χ2v) is 4.99. The van der Waals surface area contributed by atoms with Crippen LogP contribution in [-0.2, 0) is 0 Å². The van der Waals surface area contributed by atoms with Gasteiger partial charge >= 0.3 is 0 Å². The Morgan fingerprint density at radius 2 is 1.83 bits per heavy atom. The van der Waals surface area contributed by atoms with Crippen LogP contribution < -0.4 is 0 Å². The van der Waals surface area contributed by atoms with E-state index >= 15 is 0 Å². The summed E-state index contributed by atoms with van der Waals surface area (Å²) < 4.78 is 0. The summed E-state index contributed by atoms with van der Waals surface area (Å²) in [4.78, 5) is 2.32. The molecule has 0 saturated heterocycles. The van der Waals surface area contributed by atoms with Gasteiger partial charge in [0.2, 0.25) is 0 Å². The lowest BCUT2D eigenvalue weighted by Gasteiger charge is -2.22. The fraction of sp³-hybridized carbons (Fsp3) is 0.250. The molecule has 0 aliphatic carbocycles. The minimum absolute atomic E-state index is 0.328. The third kappa shape index (κ3) is 2.12. The van der Waals surface area contributed by atoms with E-state index in [-0.39, 0.29) is 0 Å². The van der Waals surface area contributed by atoms with Gasteiger partial charge in [-0.3, -0.25) is 0 Å². The number of phenols is 1. The summed E-state index contributed by atoms with van der Waals surface area (Å²) >= 11 is 0. The number of aromatic hydroxyl groups is 1. The maximum absolute atomic E-state index is 9.46. The lowest BCUT2D eigenvalue weighted by molar-refractivity contribution is 0.370. The van der Waals surface area contributed by atoms with Gasteiger partial charge in [0.05, 0.1) is 0 Å². The molecule has 2 aromatic rings. The highest BCUT2D eigenvalue weighted by Gasteiger charge is 2.09. The van der Waals surface area contributed by atoms with E-state index in [4.69, 9.17) is 0 Å². The predicted octanol–water partition coefficient (Wildman–Crippen LogP) is 3.26. The van der Waals surface area contributed by atoms with Gasteiger partial charge < -0.3 is 10.0 Å². The monoisotopic (exact) mass is 239 g/mol. The SMILES string of the molecule is CN1CC=C(c2ccc3cc(O)ccc3c2)CC1. The fourth-order valence-electron chi connectivity index (χ4n) is 2.47. The van der Waals surface area contributed by atoms with Crippen molar-refractivity contribution in [3.63, 3.8) is 0 Å². The van der Waals surface area contributed by atoms with Crippen molar-refractivity contribution in [2.24, 2.45) is 0 Å². The number of nitrogens with zero attached hydrogens (tertiary/aromatic N) is 1. The Bertz CT molecular complexity index is 616. The molecule has 0 radical (unpaired) electrons. The maximum Gasteiger partial charge on any atom is 0.116 e. The molecule has 1 aliphatic rings. The quantitative estimate of drug-likeness (QED) is 0.825. The van der Waals surface area contributed by atoms with E-state index < -0.39 is 0 Å². The molecule has 0 fully saturated rings. The van der Waals surface area contributed by atoms with Crippen molar-refractivity contribution in [2.45, 2.75) is 6.42 Å².